The number of rotatable bonds is 6. The monoisotopic (exact) mass is 924 g/mol. The first-order valence-electron chi connectivity index (χ1n) is 25.2. The molecule has 0 saturated heterocycles. The average molecular weight is 925 g/mol. The third-order valence-electron chi connectivity index (χ3n) is 15.4. The van der Waals surface area contributed by atoms with Gasteiger partial charge in [-0.1, -0.05) is 243 Å². The van der Waals surface area contributed by atoms with Crippen LogP contribution in [0.15, 0.2) is 271 Å². The maximum absolute atomic E-state index is 6.41. The molecule has 0 N–H and O–H groups in total. The third kappa shape index (κ3) is 6.49. The Morgan fingerprint density at radius 3 is 1.11 bits per heavy atom. The number of hydrogen-bond acceptors (Lipinski definition) is 1. The van der Waals surface area contributed by atoms with Crippen LogP contribution < -0.4 is 0 Å². The van der Waals surface area contributed by atoms with Gasteiger partial charge in [-0.15, -0.1) is 0 Å². The smallest absolute Gasteiger partial charge is 0.136 e. The van der Waals surface area contributed by atoms with E-state index in [1.54, 1.807) is 0 Å². The Hall–Kier alpha value is -9.56. The lowest BCUT2D eigenvalue weighted by molar-refractivity contribution is 0.669. The van der Waals surface area contributed by atoms with Crippen molar-refractivity contribution in [2.45, 2.75) is 0 Å². The van der Waals surface area contributed by atoms with Crippen LogP contribution in [0.2, 0.25) is 0 Å². The third-order valence-corrected chi connectivity index (χ3v) is 15.4. The fraction of sp³-hybridized carbons (Fsp3) is 0. The molecule has 1 nitrogen and oxygen atoms in total. The number of fused-ring (bicyclic) bond motifs is 9. The van der Waals surface area contributed by atoms with Crippen molar-refractivity contribution in [2.75, 3.05) is 0 Å². The summed E-state index contributed by atoms with van der Waals surface area (Å²) in [5, 5.41) is 17.2. The summed E-state index contributed by atoms with van der Waals surface area (Å²) in [6, 6.07) is 98.0. The molecule has 0 radical (unpaired) electrons. The zero-order valence-corrected chi connectivity index (χ0v) is 39.8. The van der Waals surface area contributed by atoms with Crippen LogP contribution in [0.25, 0.3) is 153 Å². The molecule has 0 atom stereocenters. The van der Waals surface area contributed by atoms with E-state index in [4.69, 9.17) is 4.42 Å². The second kappa shape index (κ2) is 16.5. The normalized spacial score (nSPS) is 11.8. The Morgan fingerprint density at radius 2 is 0.562 bits per heavy atom. The van der Waals surface area contributed by atoms with Crippen LogP contribution in [-0.2, 0) is 0 Å². The molecule has 73 heavy (non-hydrogen) atoms. The van der Waals surface area contributed by atoms with E-state index in [1.807, 2.05) is 6.07 Å². The predicted molar refractivity (Wildman–Crippen MR) is 311 cm³/mol. The summed E-state index contributed by atoms with van der Waals surface area (Å²) in [4.78, 5) is 0. The quantitative estimate of drug-likeness (QED) is 0.151. The minimum absolute atomic E-state index is 0.905. The van der Waals surface area contributed by atoms with Crippen LogP contribution >= 0.6 is 0 Å². The maximum atomic E-state index is 6.41. The topological polar surface area (TPSA) is 13.1 Å². The number of benzene rings is 14. The van der Waals surface area contributed by atoms with Gasteiger partial charge in [0.25, 0.3) is 0 Å². The van der Waals surface area contributed by atoms with Gasteiger partial charge in [-0.2, -0.15) is 0 Å². The van der Waals surface area contributed by atoms with Crippen LogP contribution in [0.4, 0.5) is 0 Å². The molecule has 0 unspecified atom stereocenters. The largest absolute Gasteiger partial charge is 0.456 e. The molecule has 1 heteroatoms. The number of furan rings is 1. The van der Waals surface area contributed by atoms with Crippen LogP contribution in [0.5, 0.6) is 0 Å². The predicted octanol–water partition coefficient (Wildman–Crippen LogP) is 20.5. The molecule has 0 saturated carbocycles. The van der Waals surface area contributed by atoms with Gasteiger partial charge in [0.15, 0.2) is 0 Å². The van der Waals surface area contributed by atoms with E-state index in [9.17, 15) is 0 Å². The van der Waals surface area contributed by atoms with Crippen molar-refractivity contribution in [3.63, 3.8) is 0 Å². The van der Waals surface area contributed by atoms with Crippen LogP contribution in [0, 0.1) is 0 Å². The van der Waals surface area contributed by atoms with Gasteiger partial charge in [0.05, 0.1) is 0 Å². The molecule has 15 rings (SSSR count). The first kappa shape index (κ1) is 41.2. The number of para-hydroxylation sites is 1. The molecule has 1 heterocycles. The molecule has 0 spiro atoms. The molecule has 0 aliphatic carbocycles. The van der Waals surface area contributed by atoms with E-state index >= 15 is 0 Å². The lowest BCUT2D eigenvalue weighted by Crippen LogP contribution is -1.92. The van der Waals surface area contributed by atoms with Crippen LogP contribution in [0.3, 0.4) is 0 Å². The lowest BCUT2D eigenvalue weighted by atomic mass is 9.83. The zero-order chi connectivity index (χ0) is 48.0. The molecule has 0 bridgehead atoms. The highest BCUT2D eigenvalue weighted by molar-refractivity contribution is 6.27. The van der Waals surface area contributed by atoms with E-state index in [1.165, 1.54) is 131 Å². The second-order valence-corrected chi connectivity index (χ2v) is 19.4. The van der Waals surface area contributed by atoms with Gasteiger partial charge in [-0.25, -0.2) is 0 Å². The molecule has 1 aromatic heterocycles. The van der Waals surface area contributed by atoms with E-state index < -0.39 is 0 Å². The van der Waals surface area contributed by atoms with Gasteiger partial charge in [0.1, 0.15) is 11.2 Å². The molecule has 0 aliphatic rings. The molecule has 338 valence electrons. The van der Waals surface area contributed by atoms with E-state index in [0.717, 1.165) is 21.9 Å². The Bertz CT molecular complexity index is 4600. The first-order chi connectivity index (χ1) is 36.2. The highest BCUT2D eigenvalue weighted by Crippen LogP contribution is 2.49. The van der Waals surface area contributed by atoms with Crippen molar-refractivity contribution in [1.82, 2.24) is 0 Å². The van der Waals surface area contributed by atoms with E-state index in [-0.39, 0.29) is 0 Å². The molecular formula is C72H44O. The van der Waals surface area contributed by atoms with E-state index in [2.05, 4.69) is 261 Å². The van der Waals surface area contributed by atoms with Crippen molar-refractivity contribution in [2.24, 2.45) is 0 Å². The van der Waals surface area contributed by atoms with Crippen molar-refractivity contribution < 1.29 is 4.42 Å². The SMILES string of the molecule is c1ccc(-c2c3ccccc3c(-c3ccc(-c4cccc5cc(-c6ccc7c(-c8c9ccccc9c(-c9cccc%10oc%11ccccc%11c9%10)c9ccccc89)cccc7c6)ccc45)cc3)c3ccccc23)cc1. The van der Waals surface area contributed by atoms with Crippen molar-refractivity contribution in [3.05, 3.63) is 267 Å². The number of hydrogen-bond donors (Lipinski definition) is 0. The summed E-state index contributed by atoms with van der Waals surface area (Å²) >= 11 is 0. The van der Waals surface area contributed by atoms with Crippen molar-refractivity contribution >= 4 is 86.6 Å². The average Bonchev–Trinajstić information content (AvgIpc) is 3.85. The Balaban J connectivity index is 0.809. The van der Waals surface area contributed by atoms with E-state index in [0.29, 0.717) is 0 Å². The van der Waals surface area contributed by atoms with Crippen LogP contribution in [0.1, 0.15) is 0 Å². The Labute approximate surface area is 422 Å². The molecule has 0 fully saturated rings. The molecular weight excluding hydrogens is 881 g/mol. The summed E-state index contributed by atoms with van der Waals surface area (Å²) in [6.07, 6.45) is 0. The highest BCUT2D eigenvalue weighted by atomic mass is 16.3. The zero-order valence-electron chi connectivity index (χ0n) is 39.8. The minimum Gasteiger partial charge on any atom is -0.456 e. The molecule has 14 aromatic carbocycles. The van der Waals surface area contributed by atoms with Gasteiger partial charge in [0, 0.05) is 10.8 Å². The Morgan fingerprint density at radius 1 is 0.192 bits per heavy atom. The highest BCUT2D eigenvalue weighted by Gasteiger charge is 2.22. The fourth-order valence-electron chi connectivity index (χ4n) is 12.3. The summed E-state index contributed by atoms with van der Waals surface area (Å²) in [6.45, 7) is 0. The first-order valence-corrected chi connectivity index (χ1v) is 25.2. The van der Waals surface area contributed by atoms with Crippen LogP contribution in [-0.4, -0.2) is 0 Å². The van der Waals surface area contributed by atoms with Gasteiger partial charge in [-0.3, -0.25) is 0 Å². The van der Waals surface area contributed by atoms with Gasteiger partial charge < -0.3 is 4.42 Å². The molecule has 0 amide bonds. The summed E-state index contributed by atoms with van der Waals surface area (Å²) < 4.78 is 6.41. The van der Waals surface area contributed by atoms with Gasteiger partial charge in [0.2, 0.25) is 0 Å². The fourth-order valence-corrected chi connectivity index (χ4v) is 12.3. The Kier molecular flexibility index (Phi) is 9.33. The molecule has 0 aliphatic heterocycles. The lowest BCUT2D eigenvalue weighted by Gasteiger charge is -2.19. The van der Waals surface area contributed by atoms with Crippen molar-refractivity contribution in [1.29, 1.82) is 0 Å². The second-order valence-electron chi connectivity index (χ2n) is 19.4. The standard InChI is InChI=1S/C72H44O/c1-2-17-46(18-3-1)68-56-21-4-6-23-58(56)69(59-24-7-5-22-57(59)68)47-37-35-45(36-38-47)52-30-14-19-50-43-48(39-41-53(50)52)49-40-42-54-51(44-49)20-15-31-55(54)70-60-25-8-10-27-62(60)71(63-28-11-9-26-61(63)70)65-32-16-34-67-72(65)64-29-12-13-33-66(64)73-67/h1-44H. The minimum atomic E-state index is 0.905. The summed E-state index contributed by atoms with van der Waals surface area (Å²) in [7, 11) is 0. The van der Waals surface area contributed by atoms with Gasteiger partial charge >= 0.3 is 0 Å². The summed E-state index contributed by atoms with van der Waals surface area (Å²) in [5.74, 6) is 0. The van der Waals surface area contributed by atoms with Crippen molar-refractivity contribution in [3.8, 4) is 66.8 Å². The maximum Gasteiger partial charge on any atom is 0.136 e. The molecule has 15 aromatic rings. The summed E-state index contributed by atoms with van der Waals surface area (Å²) in [5.41, 5.74) is 16.6. The van der Waals surface area contributed by atoms with Gasteiger partial charge in [-0.05, 0) is 156 Å².